The van der Waals surface area contributed by atoms with E-state index in [9.17, 15) is 4.79 Å². The van der Waals surface area contributed by atoms with Gasteiger partial charge in [0.05, 0.1) is 10.9 Å². The molecule has 25 heavy (non-hydrogen) atoms. The van der Waals surface area contributed by atoms with Crippen LogP contribution in [0, 0.1) is 5.92 Å². The van der Waals surface area contributed by atoms with Gasteiger partial charge in [-0.15, -0.1) is 36.2 Å². The van der Waals surface area contributed by atoms with Crippen LogP contribution in [-0.2, 0) is 4.79 Å². The summed E-state index contributed by atoms with van der Waals surface area (Å²) in [6.45, 7) is 1.48. The molecule has 132 valence electrons. The monoisotopic (exact) mass is 396 g/mol. The number of nitrogens with one attached hydrogen (secondary N) is 2. The number of thiazole rings is 1. The van der Waals surface area contributed by atoms with Crippen LogP contribution < -0.4 is 10.6 Å². The second-order valence-corrected chi connectivity index (χ2v) is 6.56. The number of hydrogen-bond acceptors (Lipinski definition) is 5. The summed E-state index contributed by atoms with van der Waals surface area (Å²) in [6.07, 6.45) is 5.35. The third kappa shape index (κ3) is 3.93. The molecule has 1 amide bonds. The van der Waals surface area contributed by atoms with Gasteiger partial charge in [0, 0.05) is 59.4 Å². The molecule has 0 unspecified atom stereocenters. The van der Waals surface area contributed by atoms with Gasteiger partial charge >= 0.3 is 0 Å². The number of anilines is 1. The maximum atomic E-state index is 12.8. The van der Waals surface area contributed by atoms with E-state index in [1.807, 2.05) is 29.6 Å². The zero-order valence-corrected chi connectivity index (χ0v) is 15.7. The number of hydrogen-bond donors (Lipinski definition) is 2. The lowest BCUT2D eigenvalue weighted by molar-refractivity contribution is -0.119. The number of pyridine rings is 1. The normalized spacial score (nSPS) is 19.0. The summed E-state index contributed by atoms with van der Waals surface area (Å²) in [5, 5.41) is 11.4. The Hall–Kier alpha value is -1.73. The Morgan fingerprint density at radius 1 is 1.20 bits per heavy atom. The number of amides is 1. The highest BCUT2D eigenvalue weighted by molar-refractivity contribution is 7.09. The van der Waals surface area contributed by atoms with Crippen LogP contribution in [0.25, 0.3) is 10.8 Å². The van der Waals surface area contributed by atoms with Gasteiger partial charge in [-0.2, -0.15) is 0 Å². The number of carbonyl (C=O) groups excluding carboxylic acids is 1. The van der Waals surface area contributed by atoms with Crippen LogP contribution in [0.5, 0.6) is 0 Å². The lowest BCUT2D eigenvalue weighted by Gasteiger charge is -2.17. The van der Waals surface area contributed by atoms with Crippen molar-refractivity contribution in [3.8, 4) is 0 Å². The van der Waals surface area contributed by atoms with E-state index in [2.05, 4.69) is 20.6 Å². The highest BCUT2D eigenvalue weighted by Crippen LogP contribution is 2.31. The van der Waals surface area contributed by atoms with Crippen LogP contribution in [-0.4, -0.2) is 29.0 Å². The van der Waals surface area contributed by atoms with E-state index < -0.39 is 0 Å². The maximum absolute atomic E-state index is 12.8. The Morgan fingerprint density at radius 2 is 2.08 bits per heavy atom. The predicted molar refractivity (Wildman–Crippen MR) is 106 cm³/mol. The standard InChI is InChI=1S/C17H16N4OS.2ClH/c22-16(13-9-19-10-14(13)17-20-6-7-23-17)21-15-3-1-2-11-8-18-5-4-12(11)15;;/h1-8,13-14,19H,9-10H2,(H,21,22);2*1H/t13-,14-;;/m0../s1. The first-order valence-corrected chi connectivity index (χ1v) is 8.44. The van der Waals surface area contributed by atoms with Crippen LogP contribution in [0.2, 0.25) is 0 Å². The summed E-state index contributed by atoms with van der Waals surface area (Å²) >= 11 is 1.61. The molecule has 0 saturated carbocycles. The Kier molecular flexibility index (Phi) is 6.72. The zero-order chi connectivity index (χ0) is 15.6. The Morgan fingerprint density at radius 3 is 2.88 bits per heavy atom. The molecule has 1 aromatic carbocycles. The summed E-state index contributed by atoms with van der Waals surface area (Å²) in [5.74, 6) is 0.0874. The number of fused-ring (bicyclic) bond motifs is 1. The third-order valence-electron chi connectivity index (χ3n) is 4.26. The second kappa shape index (κ2) is 8.58. The molecule has 1 aliphatic rings. The van der Waals surface area contributed by atoms with Gasteiger partial charge in [-0.05, 0) is 12.1 Å². The average Bonchev–Trinajstić information content (AvgIpc) is 3.26. The fourth-order valence-electron chi connectivity index (χ4n) is 3.09. The van der Waals surface area contributed by atoms with E-state index in [4.69, 9.17) is 0 Å². The molecule has 3 heterocycles. The molecule has 2 atom stereocenters. The van der Waals surface area contributed by atoms with Crippen molar-refractivity contribution in [3.05, 3.63) is 53.2 Å². The van der Waals surface area contributed by atoms with Gasteiger partial charge < -0.3 is 10.6 Å². The Labute approximate surface area is 162 Å². The topological polar surface area (TPSA) is 66.9 Å². The molecular formula is C17H18Cl2N4OS. The van der Waals surface area contributed by atoms with Crippen molar-refractivity contribution >= 4 is 58.5 Å². The van der Waals surface area contributed by atoms with Crippen molar-refractivity contribution in [2.24, 2.45) is 5.92 Å². The molecule has 5 nitrogen and oxygen atoms in total. The quantitative estimate of drug-likeness (QED) is 0.710. The molecule has 2 N–H and O–H groups in total. The molecule has 0 spiro atoms. The fourth-order valence-corrected chi connectivity index (χ4v) is 3.89. The van der Waals surface area contributed by atoms with Gasteiger partial charge in [0.1, 0.15) is 0 Å². The number of nitrogens with zero attached hydrogens (tertiary/aromatic N) is 2. The number of rotatable bonds is 3. The summed E-state index contributed by atoms with van der Waals surface area (Å²) in [6, 6.07) is 7.79. The van der Waals surface area contributed by atoms with Crippen LogP contribution in [0.1, 0.15) is 10.9 Å². The summed E-state index contributed by atoms with van der Waals surface area (Å²) in [4.78, 5) is 21.3. The summed E-state index contributed by atoms with van der Waals surface area (Å²) < 4.78 is 0. The zero-order valence-electron chi connectivity index (χ0n) is 13.2. The van der Waals surface area contributed by atoms with Crippen LogP contribution in [0.3, 0.4) is 0 Å². The van der Waals surface area contributed by atoms with Gasteiger partial charge in [0.15, 0.2) is 0 Å². The number of benzene rings is 1. The van der Waals surface area contributed by atoms with E-state index >= 15 is 0 Å². The lowest BCUT2D eigenvalue weighted by atomic mass is 9.95. The fraction of sp³-hybridized carbons (Fsp3) is 0.235. The van der Waals surface area contributed by atoms with E-state index in [1.54, 1.807) is 29.9 Å². The smallest absolute Gasteiger partial charge is 0.229 e. The number of aromatic nitrogens is 2. The van der Waals surface area contributed by atoms with Crippen molar-refractivity contribution in [2.75, 3.05) is 18.4 Å². The molecule has 1 fully saturated rings. The molecule has 1 aliphatic heterocycles. The van der Waals surface area contributed by atoms with Crippen LogP contribution >= 0.6 is 36.2 Å². The van der Waals surface area contributed by atoms with Crippen molar-refractivity contribution in [2.45, 2.75) is 5.92 Å². The maximum Gasteiger partial charge on any atom is 0.229 e. The van der Waals surface area contributed by atoms with E-state index in [0.29, 0.717) is 6.54 Å². The Bertz CT molecular complexity index is 838. The van der Waals surface area contributed by atoms with Crippen molar-refractivity contribution in [1.82, 2.24) is 15.3 Å². The van der Waals surface area contributed by atoms with Crippen molar-refractivity contribution < 1.29 is 4.79 Å². The molecule has 1 saturated heterocycles. The van der Waals surface area contributed by atoms with Gasteiger partial charge in [-0.3, -0.25) is 9.78 Å². The van der Waals surface area contributed by atoms with Gasteiger partial charge in [-0.25, -0.2) is 4.98 Å². The average molecular weight is 397 g/mol. The SMILES string of the molecule is Cl.Cl.O=C(Nc1cccc2cnccc12)[C@H]1CNC[C@@H]1c1nccs1. The van der Waals surface area contributed by atoms with Gasteiger partial charge in [0.2, 0.25) is 5.91 Å². The highest BCUT2D eigenvalue weighted by atomic mass is 35.5. The molecule has 2 aromatic heterocycles. The van der Waals surface area contributed by atoms with Crippen LogP contribution in [0.4, 0.5) is 5.69 Å². The predicted octanol–water partition coefficient (Wildman–Crippen LogP) is 3.48. The minimum absolute atomic E-state index is 0. The molecule has 0 aliphatic carbocycles. The van der Waals surface area contributed by atoms with Crippen molar-refractivity contribution in [1.29, 1.82) is 0 Å². The largest absolute Gasteiger partial charge is 0.325 e. The first-order valence-electron chi connectivity index (χ1n) is 7.56. The van der Waals surface area contributed by atoms with Gasteiger partial charge in [0.25, 0.3) is 0 Å². The third-order valence-corrected chi connectivity index (χ3v) is 5.17. The first-order chi connectivity index (χ1) is 11.3. The highest BCUT2D eigenvalue weighted by Gasteiger charge is 2.35. The molecule has 8 heteroatoms. The number of carbonyl (C=O) groups is 1. The van der Waals surface area contributed by atoms with E-state index in [1.165, 1.54) is 0 Å². The summed E-state index contributed by atoms with van der Waals surface area (Å²) in [7, 11) is 0. The molecule has 0 bridgehead atoms. The molecule has 0 radical (unpaired) electrons. The number of halogens is 2. The van der Waals surface area contributed by atoms with E-state index in [0.717, 1.165) is 28.0 Å². The molecular weight excluding hydrogens is 379 g/mol. The molecule has 4 rings (SSSR count). The first kappa shape index (κ1) is 19.6. The van der Waals surface area contributed by atoms with E-state index in [-0.39, 0.29) is 42.6 Å². The molecule has 3 aromatic rings. The minimum Gasteiger partial charge on any atom is -0.325 e. The summed E-state index contributed by atoms with van der Waals surface area (Å²) in [5.41, 5.74) is 0.833. The van der Waals surface area contributed by atoms with Crippen molar-refractivity contribution in [3.63, 3.8) is 0 Å². The lowest BCUT2D eigenvalue weighted by Crippen LogP contribution is -2.28. The Balaban J connectivity index is 0.00000113. The van der Waals surface area contributed by atoms with Crippen LogP contribution in [0.15, 0.2) is 48.2 Å². The minimum atomic E-state index is -0.0988. The van der Waals surface area contributed by atoms with Gasteiger partial charge in [-0.1, -0.05) is 12.1 Å². The second-order valence-electron chi connectivity index (χ2n) is 5.63.